The summed E-state index contributed by atoms with van der Waals surface area (Å²) < 4.78 is 0. The molecule has 0 spiro atoms. The summed E-state index contributed by atoms with van der Waals surface area (Å²) >= 11 is 0. The van der Waals surface area contributed by atoms with Gasteiger partial charge in [0.1, 0.15) is 0 Å². The predicted octanol–water partition coefficient (Wildman–Crippen LogP) is 0.606. The van der Waals surface area contributed by atoms with Gasteiger partial charge >= 0.3 is 12.0 Å². The first-order valence-electron chi connectivity index (χ1n) is 6.42. The van der Waals surface area contributed by atoms with Gasteiger partial charge in [0.25, 0.3) is 0 Å². The van der Waals surface area contributed by atoms with Crippen LogP contribution in [0, 0.1) is 5.92 Å². The van der Waals surface area contributed by atoms with Gasteiger partial charge in [-0.3, -0.25) is 4.79 Å². The van der Waals surface area contributed by atoms with Crippen molar-refractivity contribution in [2.75, 3.05) is 26.2 Å². The SMILES string of the molecule is CCN(CCCO)C(=O)N1CCC(C(=O)O)C1C. The number of amides is 2. The maximum atomic E-state index is 12.2. The number of carboxylic acid groups (broad SMARTS) is 1. The lowest BCUT2D eigenvalue weighted by atomic mass is 10.0. The summed E-state index contributed by atoms with van der Waals surface area (Å²) in [7, 11) is 0. The number of carbonyl (C=O) groups is 2. The Morgan fingerprint density at radius 2 is 2.11 bits per heavy atom. The fraction of sp³-hybridized carbons (Fsp3) is 0.833. The van der Waals surface area contributed by atoms with Crippen LogP contribution in [0.4, 0.5) is 4.79 Å². The number of aliphatic carboxylic acids is 1. The van der Waals surface area contributed by atoms with E-state index in [1.807, 2.05) is 6.92 Å². The Hall–Kier alpha value is -1.30. The van der Waals surface area contributed by atoms with E-state index in [0.29, 0.717) is 32.5 Å². The number of rotatable bonds is 5. The topological polar surface area (TPSA) is 81.1 Å². The molecule has 0 saturated carbocycles. The van der Waals surface area contributed by atoms with Crippen LogP contribution in [-0.2, 0) is 4.79 Å². The Morgan fingerprint density at radius 3 is 2.56 bits per heavy atom. The summed E-state index contributed by atoms with van der Waals surface area (Å²) in [4.78, 5) is 26.5. The lowest BCUT2D eigenvalue weighted by Gasteiger charge is -2.30. The van der Waals surface area contributed by atoms with Crippen molar-refractivity contribution >= 4 is 12.0 Å². The molecular formula is C12H22N2O4. The van der Waals surface area contributed by atoms with Crippen LogP contribution in [0.1, 0.15) is 26.7 Å². The third-order valence-corrected chi connectivity index (χ3v) is 3.56. The van der Waals surface area contributed by atoms with E-state index >= 15 is 0 Å². The molecule has 6 heteroatoms. The summed E-state index contributed by atoms with van der Waals surface area (Å²) in [5.74, 6) is -1.30. The fourth-order valence-electron chi connectivity index (χ4n) is 2.37. The zero-order valence-corrected chi connectivity index (χ0v) is 11.0. The van der Waals surface area contributed by atoms with Crippen molar-refractivity contribution in [1.29, 1.82) is 0 Å². The number of aliphatic hydroxyl groups is 1. The maximum Gasteiger partial charge on any atom is 0.320 e. The van der Waals surface area contributed by atoms with E-state index in [1.54, 1.807) is 16.7 Å². The molecule has 1 heterocycles. The molecule has 104 valence electrons. The zero-order chi connectivity index (χ0) is 13.7. The Bertz CT molecular complexity index is 308. The highest BCUT2D eigenvalue weighted by atomic mass is 16.4. The molecule has 1 rings (SSSR count). The Kier molecular flexibility index (Phi) is 5.40. The fourth-order valence-corrected chi connectivity index (χ4v) is 2.37. The molecule has 0 aromatic carbocycles. The zero-order valence-electron chi connectivity index (χ0n) is 11.0. The normalized spacial score (nSPS) is 23.2. The summed E-state index contributed by atoms with van der Waals surface area (Å²) in [6, 6.07) is -0.389. The lowest BCUT2D eigenvalue weighted by molar-refractivity contribution is -0.142. The van der Waals surface area contributed by atoms with Gasteiger partial charge in [-0.1, -0.05) is 0 Å². The van der Waals surface area contributed by atoms with E-state index < -0.39 is 11.9 Å². The number of hydrogen-bond acceptors (Lipinski definition) is 3. The van der Waals surface area contributed by atoms with Crippen LogP contribution >= 0.6 is 0 Å². The average molecular weight is 258 g/mol. The first kappa shape index (κ1) is 14.8. The van der Waals surface area contributed by atoms with Crippen LogP contribution in [0.3, 0.4) is 0 Å². The smallest absolute Gasteiger partial charge is 0.320 e. The molecule has 2 atom stereocenters. The van der Waals surface area contributed by atoms with E-state index in [1.165, 1.54) is 0 Å². The molecule has 2 unspecified atom stereocenters. The highest BCUT2D eigenvalue weighted by Crippen LogP contribution is 2.25. The number of urea groups is 1. The van der Waals surface area contributed by atoms with Crippen molar-refractivity contribution in [1.82, 2.24) is 9.80 Å². The minimum atomic E-state index is -0.837. The molecule has 1 aliphatic rings. The van der Waals surface area contributed by atoms with Gasteiger partial charge in [0.05, 0.1) is 5.92 Å². The van der Waals surface area contributed by atoms with Crippen LogP contribution in [0.25, 0.3) is 0 Å². The number of hydrogen-bond donors (Lipinski definition) is 2. The van der Waals surface area contributed by atoms with Gasteiger partial charge in [-0.05, 0) is 26.7 Å². The highest BCUT2D eigenvalue weighted by Gasteiger charge is 2.39. The van der Waals surface area contributed by atoms with Gasteiger partial charge in [-0.25, -0.2) is 4.79 Å². The van der Waals surface area contributed by atoms with Crippen molar-refractivity contribution in [2.24, 2.45) is 5.92 Å². The molecule has 1 aliphatic heterocycles. The second kappa shape index (κ2) is 6.58. The monoisotopic (exact) mass is 258 g/mol. The molecule has 18 heavy (non-hydrogen) atoms. The minimum Gasteiger partial charge on any atom is -0.481 e. The van der Waals surface area contributed by atoms with Crippen LogP contribution in [-0.4, -0.2) is 64.3 Å². The van der Waals surface area contributed by atoms with E-state index in [9.17, 15) is 9.59 Å². The molecule has 6 nitrogen and oxygen atoms in total. The molecule has 1 fully saturated rings. The van der Waals surface area contributed by atoms with Gasteiger partial charge < -0.3 is 20.0 Å². The Balaban J connectivity index is 2.63. The van der Waals surface area contributed by atoms with E-state index in [4.69, 9.17) is 10.2 Å². The number of carbonyl (C=O) groups excluding carboxylic acids is 1. The minimum absolute atomic E-state index is 0.0527. The molecule has 2 N–H and O–H groups in total. The largest absolute Gasteiger partial charge is 0.481 e. The molecule has 0 aliphatic carbocycles. The van der Waals surface area contributed by atoms with Crippen LogP contribution in [0.5, 0.6) is 0 Å². The van der Waals surface area contributed by atoms with Gasteiger partial charge in [-0.15, -0.1) is 0 Å². The number of carboxylic acids is 1. The van der Waals surface area contributed by atoms with Crippen molar-refractivity contribution < 1.29 is 19.8 Å². The van der Waals surface area contributed by atoms with Gasteiger partial charge in [-0.2, -0.15) is 0 Å². The third-order valence-electron chi connectivity index (χ3n) is 3.56. The summed E-state index contributed by atoms with van der Waals surface area (Å²) in [6.07, 6.45) is 1.06. The summed E-state index contributed by atoms with van der Waals surface area (Å²) in [5, 5.41) is 17.8. The standard InChI is InChI=1S/C12H22N2O4/c1-3-13(6-4-8-15)12(18)14-7-5-10(9(14)2)11(16)17/h9-10,15H,3-8H2,1-2H3,(H,16,17). The molecule has 2 amide bonds. The summed E-state index contributed by atoms with van der Waals surface area (Å²) in [5.41, 5.74) is 0. The number of likely N-dealkylation sites (tertiary alicyclic amines) is 1. The molecular weight excluding hydrogens is 236 g/mol. The third kappa shape index (κ3) is 3.13. The average Bonchev–Trinajstić information content (AvgIpc) is 2.71. The van der Waals surface area contributed by atoms with Crippen molar-refractivity contribution in [3.8, 4) is 0 Å². The number of aliphatic hydroxyl groups excluding tert-OH is 1. The second-order valence-electron chi connectivity index (χ2n) is 4.61. The molecule has 0 aromatic heterocycles. The molecule has 0 aromatic rings. The van der Waals surface area contributed by atoms with Crippen LogP contribution in [0.15, 0.2) is 0 Å². The molecule has 0 radical (unpaired) electrons. The Labute approximate surface area is 107 Å². The first-order chi connectivity index (χ1) is 8.52. The Morgan fingerprint density at radius 1 is 1.44 bits per heavy atom. The van der Waals surface area contributed by atoms with E-state index in [2.05, 4.69) is 0 Å². The van der Waals surface area contributed by atoms with Gasteiger partial charge in [0, 0.05) is 32.3 Å². The molecule has 0 bridgehead atoms. The highest BCUT2D eigenvalue weighted by molar-refractivity contribution is 5.78. The van der Waals surface area contributed by atoms with Crippen molar-refractivity contribution in [2.45, 2.75) is 32.7 Å². The van der Waals surface area contributed by atoms with Crippen LogP contribution in [0.2, 0.25) is 0 Å². The second-order valence-corrected chi connectivity index (χ2v) is 4.61. The van der Waals surface area contributed by atoms with E-state index in [-0.39, 0.29) is 18.7 Å². The van der Waals surface area contributed by atoms with E-state index in [0.717, 1.165) is 0 Å². The van der Waals surface area contributed by atoms with Crippen molar-refractivity contribution in [3.05, 3.63) is 0 Å². The van der Waals surface area contributed by atoms with Crippen molar-refractivity contribution in [3.63, 3.8) is 0 Å². The molecule has 1 saturated heterocycles. The van der Waals surface area contributed by atoms with Gasteiger partial charge in [0.15, 0.2) is 0 Å². The number of nitrogens with zero attached hydrogens (tertiary/aromatic N) is 2. The van der Waals surface area contributed by atoms with Gasteiger partial charge in [0.2, 0.25) is 0 Å². The quantitative estimate of drug-likeness (QED) is 0.757. The lowest BCUT2D eigenvalue weighted by Crippen LogP contribution is -2.46. The maximum absolute atomic E-state index is 12.2. The first-order valence-corrected chi connectivity index (χ1v) is 6.42. The summed E-state index contributed by atoms with van der Waals surface area (Å²) in [6.45, 7) is 5.28. The van der Waals surface area contributed by atoms with Crippen LogP contribution < -0.4 is 0 Å². The predicted molar refractivity (Wildman–Crippen MR) is 66.3 cm³/mol.